The van der Waals surface area contributed by atoms with Crippen molar-refractivity contribution in [1.82, 2.24) is 5.32 Å². The second-order valence-electron chi connectivity index (χ2n) is 5.22. The van der Waals surface area contributed by atoms with Crippen LogP contribution < -0.4 is 5.32 Å². The molecule has 0 saturated heterocycles. The summed E-state index contributed by atoms with van der Waals surface area (Å²) in [5, 5.41) is 3.89. The third-order valence-corrected chi connectivity index (χ3v) is 2.74. The smallest absolute Gasteiger partial charge is 0.123 e. The van der Waals surface area contributed by atoms with Crippen molar-refractivity contribution in [2.75, 3.05) is 6.54 Å². The molecule has 1 nitrogen and oxygen atoms in total. The van der Waals surface area contributed by atoms with E-state index in [4.69, 9.17) is 11.6 Å². The van der Waals surface area contributed by atoms with Crippen LogP contribution in [0.5, 0.6) is 0 Å². The van der Waals surface area contributed by atoms with E-state index in [1.807, 2.05) is 0 Å². The van der Waals surface area contributed by atoms with E-state index >= 15 is 0 Å². The van der Waals surface area contributed by atoms with Crippen molar-refractivity contribution in [2.45, 2.75) is 33.7 Å². The molecule has 0 heterocycles. The quantitative estimate of drug-likeness (QED) is 0.788. The van der Waals surface area contributed by atoms with E-state index in [-0.39, 0.29) is 5.82 Å². The maximum absolute atomic E-state index is 13.0. The third kappa shape index (κ3) is 4.95. The average molecular weight is 244 g/mol. The first kappa shape index (κ1) is 13.5. The van der Waals surface area contributed by atoms with Crippen LogP contribution in [0.2, 0.25) is 5.02 Å². The SMILES string of the molecule is CC(C)(C)CCNCc1cc(F)ccc1Cl. The molecule has 1 N–H and O–H groups in total. The first-order valence-corrected chi connectivity index (χ1v) is 5.91. The first-order valence-electron chi connectivity index (χ1n) is 5.53. The Morgan fingerprint density at radius 2 is 2.00 bits per heavy atom. The lowest BCUT2D eigenvalue weighted by Gasteiger charge is -2.18. The van der Waals surface area contributed by atoms with Crippen LogP contribution in [-0.4, -0.2) is 6.54 Å². The molecular weight excluding hydrogens is 225 g/mol. The normalized spacial score (nSPS) is 11.8. The molecule has 0 aliphatic carbocycles. The summed E-state index contributed by atoms with van der Waals surface area (Å²) < 4.78 is 13.0. The van der Waals surface area contributed by atoms with Crippen molar-refractivity contribution in [1.29, 1.82) is 0 Å². The van der Waals surface area contributed by atoms with E-state index < -0.39 is 0 Å². The molecule has 0 aliphatic heterocycles. The number of hydrogen-bond donors (Lipinski definition) is 1. The van der Waals surface area contributed by atoms with Crippen molar-refractivity contribution in [3.63, 3.8) is 0 Å². The second kappa shape index (κ2) is 5.65. The molecule has 0 saturated carbocycles. The number of benzene rings is 1. The van der Waals surface area contributed by atoms with Crippen LogP contribution in [0.1, 0.15) is 32.8 Å². The molecule has 3 heteroatoms. The van der Waals surface area contributed by atoms with Gasteiger partial charge in [-0.2, -0.15) is 0 Å². The van der Waals surface area contributed by atoms with Gasteiger partial charge in [-0.05, 0) is 42.1 Å². The fraction of sp³-hybridized carbons (Fsp3) is 0.538. The van der Waals surface area contributed by atoms with Gasteiger partial charge in [0.25, 0.3) is 0 Å². The van der Waals surface area contributed by atoms with Gasteiger partial charge in [0.2, 0.25) is 0 Å². The monoisotopic (exact) mass is 243 g/mol. The highest BCUT2D eigenvalue weighted by Crippen LogP contribution is 2.18. The zero-order valence-corrected chi connectivity index (χ0v) is 10.9. The minimum absolute atomic E-state index is 0.239. The highest BCUT2D eigenvalue weighted by Gasteiger charge is 2.09. The molecule has 90 valence electrons. The Hall–Kier alpha value is -0.600. The predicted molar refractivity (Wildman–Crippen MR) is 67.2 cm³/mol. The molecule has 0 aliphatic rings. The van der Waals surface area contributed by atoms with Gasteiger partial charge < -0.3 is 5.32 Å². The van der Waals surface area contributed by atoms with E-state index in [1.165, 1.54) is 12.1 Å². The van der Waals surface area contributed by atoms with Gasteiger partial charge in [0.05, 0.1) is 0 Å². The molecule has 0 fully saturated rings. The molecule has 1 rings (SSSR count). The molecular formula is C13H19ClFN. The summed E-state index contributed by atoms with van der Waals surface area (Å²) in [7, 11) is 0. The van der Waals surface area contributed by atoms with Gasteiger partial charge in [-0.3, -0.25) is 0 Å². The van der Waals surface area contributed by atoms with Gasteiger partial charge in [-0.1, -0.05) is 32.4 Å². The van der Waals surface area contributed by atoms with E-state index in [9.17, 15) is 4.39 Å². The fourth-order valence-corrected chi connectivity index (χ4v) is 1.55. The zero-order valence-electron chi connectivity index (χ0n) is 10.1. The maximum atomic E-state index is 13.0. The van der Waals surface area contributed by atoms with Crippen LogP contribution in [-0.2, 0) is 6.54 Å². The van der Waals surface area contributed by atoms with Gasteiger partial charge in [0.15, 0.2) is 0 Å². The van der Waals surface area contributed by atoms with Crippen molar-refractivity contribution in [2.24, 2.45) is 5.41 Å². The van der Waals surface area contributed by atoms with Crippen LogP contribution in [0.3, 0.4) is 0 Å². The topological polar surface area (TPSA) is 12.0 Å². The van der Waals surface area contributed by atoms with Gasteiger partial charge >= 0.3 is 0 Å². The summed E-state index contributed by atoms with van der Waals surface area (Å²) in [4.78, 5) is 0. The predicted octanol–water partition coefficient (Wildman–Crippen LogP) is 4.00. The average Bonchev–Trinajstić information content (AvgIpc) is 2.16. The Morgan fingerprint density at radius 1 is 1.31 bits per heavy atom. The van der Waals surface area contributed by atoms with Crippen LogP contribution in [0.25, 0.3) is 0 Å². The van der Waals surface area contributed by atoms with Gasteiger partial charge in [0, 0.05) is 11.6 Å². The van der Waals surface area contributed by atoms with Gasteiger partial charge in [0.1, 0.15) is 5.82 Å². The number of rotatable bonds is 4. The van der Waals surface area contributed by atoms with Crippen molar-refractivity contribution in [3.8, 4) is 0 Å². The Kier molecular flexibility index (Phi) is 4.75. The summed E-state index contributed by atoms with van der Waals surface area (Å²) in [5.74, 6) is -0.239. The molecule has 0 unspecified atom stereocenters. The summed E-state index contributed by atoms with van der Waals surface area (Å²) in [5.41, 5.74) is 1.13. The lowest BCUT2D eigenvalue weighted by molar-refractivity contribution is 0.366. The summed E-state index contributed by atoms with van der Waals surface area (Å²) in [6.07, 6.45) is 1.08. The first-order chi connectivity index (χ1) is 7.38. The number of hydrogen-bond acceptors (Lipinski definition) is 1. The highest BCUT2D eigenvalue weighted by molar-refractivity contribution is 6.31. The molecule has 1 aromatic carbocycles. The lowest BCUT2D eigenvalue weighted by atomic mass is 9.92. The highest BCUT2D eigenvalue weighted by atomic mass is 35.5. The molecule has 0 aromatic heterocycles. The van der Waals surface area contributed by atoms with Gasteiger partial charge in [-0.25, -0.2) is 4.39 Å². The van der Waals surface area contributed by atoms with E-state index in [0.717, 1.165) is 18.5 Å². The van der Waals surface area contributed by atoms with Crippen molar-refractivity contribution < 1.29 is 4.39 Å². The minimum Gasteiger partial charge on any atom is -0.313 e. The minimum atomic E-state index is -0.239. The summed E-state index contributed by atoms with van der Waals surface area (Å²) in [6.45, 7) is 8.13. The Balaban J connectivity index is 2.40. The number of nitrogens with one attached hydrogen (secondary N) is 1. The van der Waals surface area contributed by atoms with Crippen molar-refractivity contribution in [3.05, 3.63) is 34.6 Å². The molecule has 0 bridgehead atoms. The summed E-state index contributed by atoms with van der Waals surface area (Å²) in [6, 6.07) is 4.45. The molecule has 0 atom stereocenters. The third-order valence-electron chi connectivity index (χ3n) is 2.37. The standard InChI is InChI=1S/C13H19ClFN/c1-13(2,3)6-7-16-9-10-8-11(15)4-5-12(10)14/h4-5,8,16H,6-7,9H2,1-3H3. The van der Waals surface area contributed by atoms with Crippen molar-refractivity contribution >= 4 is 11.6 Å². The molecule has 0 radical (unpaired) electrons. The van der Waals surface area contributed by atoms with Crippen LogP contribution in [0, 0.1) is 11.2 Å². The van der Waals surface area contributed by atoms with E-state index in [0.29, 0.717) is 17.0 Å². The lowest BCUT2D eigenvalue weighted by Crippen LogP contribution is -2.20. The van der Waals surface area contributed by atoms with E-state index in [2.05, 4.69) is 26.1 Å². The largest absolute Gasteiger partial charge is 0.313 e. The zero-order chi connectivity index (χ0) is 12.2. The maximum Gasteiger partial charge on any atom is 0.123 e. The molecule has 1 aromatic rings. The fourth-order valence-electron chi connectivity index (χ4n) is 1.37. The Bertz CT molecular complexity index is 344. The Labute approximate surface area is 102 Å². The van der Waals surface area contributed by atoms with Crippen LogP contribution in [0.15, 0.2) is 18.2 Å². The summed E-state index contributed by atoms with van der Waals surface area (Å²) >= 11 is 5.96. The molecule has 16 heavy (non-hydrogen) atoms. The molecule has 0 amide bonds. The van der Waals surface area contributed by atoms with Crippen LogP contribution in [0.4, 0.5) is 4.39 Å². The second-order valence-corrected chi connectivity index (χ2v) is 5.63. The molecule has 0 spiro atoms. The van der Waals surface area contributed by atoms with Crippen LogP contribution >= 0.6 is 11.6 Å². The Morgan fingerprint density at radius 3 is 2.62 bits per heavy atom. The van der Waals surface area contributed by atoms with Gasteiger partial charge in [-0.15, -0.1) is 0 Å². The number of halogens is 2. The van der Waals surface area contributed by atoms with E-state index in [1.54, 1.807) is 6.07 Å².